The number of allylic oxidation sites excluding steroid dienone is 3. The van der Waals surface area contributed by atoms with Crippen molar-refractivity contribution in [3.63, 3.8) is 0 Å². The van der Waals surface area contributed by atoms with Gasteiger partial charge >= 0.3 is 0 Å². The minimum atomic E-state index is -0.860. The lowest BCUT2D eigenvalue weighted by atomic mass is 9.68. The summed E-state index contributed by atoms with van der Waals surface area (Å²) in [4.78, 5) is 15.1. The number of nitriles is 1. The van der Waals surface area contributed by atoms with E-state index >= 15 is 4.39 Å². The molecule has 1 unspecified atom stereocenters. The fourth-order valence-electron chi connectivity index (χ4n) is 4.15. The number of hydrogen-bond donors (Lipinski definition) is 1. The van der Waals surface area contributed by atoms with Crippen molar-refractivity contribution < 1.29 is 9.18 Å². The molecule has 10 heteroatoms. The normalized spacial score (nSPS) is 20.7. The summed E-state index contributed by atoms with van der Waals surface area (Å²) in [6, 6.07) is 6.76. The lowest BCUT2D eigenvalue weighted by Gasteiger charge is -2.42. The van der Waals surface area contributed by atoms with Crippen LogP contribution >= 0.6 is 39.0 Å². The van der Waals surface area contributed by atoms with Gasteiger partial charge in [-0.05, 0) is 30.2 Å². The van der Waals surface area contributed by atoms with E-state index in [1.54, 1.807) is 17.0 Å². The van der Waals surface area contributed by atoms with Crippen LogP contribution in [0.25, 0.3) is 0 Å². The monoisotopic (exact) mass is 519 g/mol. The van der Waals surface area contributed by atoms with Gasteiger partial charge in [0.1, 0.15) is 11.6 Å². The van der Waals surface area contributed by atoms with E-state index in [1.807, 2.05) is 20.1 Å². The van der Waals surface area contributed by atoms with Gasteiger partial charge in [0.05, 0.1) is 17.6 Å². The topological polar surface area (TPSA) is 95.9 Å². The number of aromatic nitrogens is 2. The fraction of sp³-hybridized carbons (Fsp3) is 0.333. The van der Waals surface area contributed by atoms with E-state index in [1.165, 1.54) is 29.2 Å². The molecule has 0 saturated heterocycles. The Balaban J connectivity index is 2.00. The van der Waals surface area contributed by atoms with Gasteiger partial charge in [0.25, 0.3) is 0 Å². The van der Waals surface area contributed by atoms with E-state index in [9.17, 15) is 10.1 Å². The van der Waals surface area contributed by atoms with Gasteiger partial charge in [-0.15, -0.1) is 10.2 Å². The van der Waals surface area contributed by atoms with Gasteiger partial charge in [-0.25, -0.2) is 4.39 Å². The van der Waals surface area contributed by atoms with E-state index < -0.39 is 11.7 Å². The average Bonchev–Trinajstić information content (AvgIpc) is 3.15. The Labute approximate surface area is 196 Å². The molecule has 0 bridgehead atoms. The molecule has 31 heavy (non-hydrogen) atoms. The Bertz CT molecular complexity index is 1200. The molecule has 0 amide bonds. The fourth-order valence-corrected chi connectivity index (χ4v) is 5.78. The minimum absolute atomic E-state index is 0.113. The Hall–Kier alpha value is -2.22. The first-order valence-corrected chi connectivity index (χ1v) is 12.3. The van der Waals surface area contributed by atoms with Crippen molar-refractivity contribution in [3.8, 4) is 6.07 Å². The highest BCUT2D eigenvalue weighted by Crippen LogP contribution is 2.51. The molecule has 2 heterocycles. The van der Waals surface area contributed by atoms with Crippen LogP contribution in [0.3, 0.4) is 0 Å². The molecule has 160 valence electrons. The average molecular weight is 520 g/mol. The zero-order valence-electron chi connectivity index (χ0n) is 17.1. The SMILES string of the molecule is CSc1nnc(N2C(N)=C(C#N)C(c3ccc(Br)cc3F)C3=C2CC(C)(C)CC3=O)s1. The van der Waals surface area contributed by atoms with Crippen LogP contribution < -0.4 is 10.6 Å². The van der Waals surface area contributed by atoms with E-state index in [4.69, 9.17) is 5.73 Å². The number of halogens is 2. The lowest BCUT2D eigenvalue weighted by Crippen LogP contribution is -2.42. The predicted octanol–water partition coefficient (Wildman–Crippen LogP) is 5.10. The number of ketones is 1. The number of carbonyl (C=O) groups is 1. The highest BCUT2D eigenvalue weighted by molar-refractivity contribution is 9.10. The molecule has 2 N–H and O–H groups in total. The number of hydrogen-bond acceptors (Lipinski definition) is 8. The Kier molecular flexibility index (Phi) is 5.70. The van der Waals surface area contributed by atoms with Gasteiger partial charge in [-0.2, -0.15) is 5.26 Å². The van der Waals surface area contributed by atoms with Crippen molar-refractivity contribution in [3.05, 3.63) is 56.7 Å². The first-order valence-electron chi connectivity index (χ1n) is 9.45. The van der Waals surface area contributed by atoms with Crippen LogP contribution in [0.15, 0.2) is 49.7 Å². The van der Waals surface area contributed by atoms with Gasteiger partial charge in [0.15, 0.2) is 10.1 Å². The zero-order valence-corrected chi connectivity index (χ0v) is 20.3. The third kappa shape index (κ3) is 3.79. The van der Waals surface area contributed by atoms with Crippen molar-refractivity contribution in [1.82, 2.24) is 10.2 Å². The predicted molar refractivity (Wildman–Crippen MR) is 123 cm³/mol. The Morgan fingerprint density at radius 1 is 1.39 bits per heavy atom. The van der Waals surface area contributed by atoms with Crippen LogP contribution in [0.2, 0.25) is 0 Å². The van der Waals surface area contributed by atoms with Crippen molar-refractivity contribution in [2.24, 2.45) is 11.1 Å². The third-order valence-electron chi connectivity index (χ3n) is 5.42. The van der Waals surface area contributed by atoms with Crippen molar-refractivity contribution in [2.75, 3.05) is 11.2 Å². The zero-order chi connectivity index (χ0) is 22.5. The van der Waals surface area contributed by atoms with E-state index in [0.29, 0.717) is 33.7 Å². The smallest absolute Gasteiger partial charge is 0.219 e. The molecule has 1 atom stereocenters. The standard InChI is InChI=1S/C21H19BrFN5OS2/c1-21(2)7-14-17(15(29)8-21)16(11-5-4-10(22)6-13(11)23)12(9-24)18(25)28(14)19-26-27-20(30-3)31-19/h4-6,16H,7-8,25H2,1-3H3. The molecule has 1 aliphatic carbocycles. The summed E-state index contributed by atoms with van der Waals surface area (Å²) in [5.74, 6) is -1.32. The molecule has 1 aliphatic heterocycles. The summed E-state index contributed by atoms with van der Waals surface area (Å²) < 4.78 is 16.3. The summed E-state index contributed by atoms with van der Waals surface area (Å²) in [6.07, 6.45) is 2.74. The van der Waals surface area contributed by atoms with Crippen LogP contribution in [0.4, 0.5) is 9.52 Å². The number of nitrogens with zero attached hydrogens (tertiary/aromatic N) is 4. The van der Waals surface area contributed by atoms with Crippen LogP contribution in [0.1, 0.15) is 38.2 Å². The van der Waals surface area contributed by atoms with Gasteiger partial charge in [-0.3, -0.25) is 9.69 Å². The van der Waals surface area contributed by atoms with Crippen LogP contribution in [0.5, 0.6) is 0 Å². The second-order valence-corrected chi connectivity index (χ2v) is 11.1. The number of Topliss-reactive ketones (excluding diaryl/α,β-unsaturated/α-hetero) is 1. The minimum Gasteiger partial charge on any atom is -0.384 e. The molecule has 1 aromatic heterocycles. The van der Waals surface area contributed by atoms with Gasteiger partial charge < -0.3 is 5.73 Å². The maximum atomic E-state index is 15.0. The number of carbonyl (C=O) groups excluding carboxylic acids is 1. The van der Waals surface area contributed by atoms with E-state index in [2.05, 4.69) is 32.2 Å². The van der Waals surface area contributed by atoms with Crippen molar-refractivity contribution >= 4 is 49.9 Å². The van der Waals surface area contributed by atoms with Gasteiger partial charge in [0.2, 0.25) is 5.13 Å². The molecule has 2 aliphatic rings. The maximum absolute atomic E-state index is 15.0. The second kappa shape index (κ2) is 8.04. The molecule has 0 radical (unpaired) electrons. The van der Waals surface area contributed by atoms with Gasteiger partial charge in [-0.1, -0.05) is 58.9 Å². The third-order valence-corrected chi connectivity index (χ3v) is 7.79. The van der Waals surface area contributed by atoms with E-state index in [-0.39, 0.29) is 28.2 Å². The summed E-state index contributed by atoms with van der Waals surface area (Å²) in [5, 5.41) is 18.9. The quantitative estimate of drug-likeness (QED) is 0.563. The number of anilines is 1. The molecular weight excluding hydrogens is 501 g/mol. The Morgan fingerprint density at radius 2 is 2.13 bits per heavy atom. The van der Waals surface area contributed by atoms with Crippen LogP contribution in [-0.2, 0) is 4.79 Å². The van der Waals surface area contributed by atoms with E-state index in [0.717, 1.165) is 4.34 Å². The number of benzene rings is 1. The molecule has 0 fully saturated rings. The molecule has 4 rings (SSSR count). The summed E-state index contributed by atoms with van der Waals surface area (Å²) in [5.41, 5.74) is 7.65. The molecular formula is C21H19BrFN5OS2. The van der Waals surface area contributed by atoms with Crippen LogP contribution in [-0.4, -0.2) is 22.2 Å². The summed E-state index contributed by atoms with van der Waals surface area (Å²) >= 11 is 6.05. The first kappa shape index (κ1) is 22.0. The molecule has 6 nitrogen and oxygen atoms in total. The Morgan fingerprint density at radius 3 is 2.74 bits per heavy atom. The van der Waals surface area contributed by atoms with Crippen LogP contribution in [0, 0.1) is 22.6 Å². The van der Waals surface area contributed by atoms with Crippen molar-refractivity contribution in [1.29, 1.82) is 5.26 Å². The first-order chi connectivity index (χ1) is 14.7. The molecule has 0 spiro atoms. The number of rotatable bonds is 3. The maximum Gasteiger partial charge on any atom is 0.219 e. The highest BCUT2D eigenvalue weighted by Gasteiger charge is 2.46. The molecule has 1 aromatic carbocycles. The number of thioether (sulfide) groups is 1. The lowest BCUT2D eigenvalue weighted by molar-refractivity contribution is -0.118. The molecule has 2 aromatic rings. The van der Waals surface area contributed by atoms with Gasteiger partial charge in [0, 0.05) is 27.7 Å². The largest absolute Gasteiger partial charge is 0.384 e. The number of nitrogens with two attached hydrogens (primary N) is 1. The second-order valence-electron chi connectivity index (χ2n) is 8.20. The highest BCUT2D eigenvalue weighted by atomic mass is 79.9. The summed E-state index contributed by atoms with van der Waals surface area (Å²) in [7, 11) is 0. The summed E-state index contributed by atoms with van der Waals surface area (Å²) in [6.45, 7) is 4.02. The molecule has 0 saturated carbocycles. The van der Waals surface area contributed by atoms with Crippen molar-refractivity contribution in [2.45, 2.75) is 36.9 Å².